The third kappa shape index (κ3) is 8.63. The lowest BCUT2D eigenvalue weighted by Gasteiger charge is -2.40. The lowest BCUT2D eigenvalue weighted by molar-refractivity contribution is 0.00700. The van der Waals surface area contributed by atoms with Crippen molar-refractivity contribution in [3.05, 3.63) is 35.1 Å². The highest BCUT2D eigenvalue weighted by Gasteiger charge is 2.34. The molecule has 0 atom stereocenters. The molecule has 1 saturated heterocycles. The third-order valence-corrected chi connectivity index (χ3v) is 4.23. The van der Waals surface area contributed by atoms with Crippen molar-refractivity contribution < 1.29 is 13.9 Å². The second kappa shape index (κ2) is 11.7. The Morgan fingerprint density at radius 1 is 1.33 bits per heavy atom. The summed E-state index contributed by atoms with van der Waals surface area (Å²) in [6, 6.07) is 5.23. The Kier molecular flexibility index (Phi) is 10.3. The summed E-state index contributed by atoms with van der Waals surface area (Å²) in [7, 11) is 3.83. The molecule has 2 N–H and O–H groups in total. The number of amides is 1. The minimum atomic E-state index is -0.493. The highest BCUT2D eigenvalue weighted by atomic mass is 127. The molecular weight excluding hydrogens is 500 g/mol. The number of nitrogens with zero attached hydrogens (tertiary/aromatic N) is 3. The summed E-state index contributed by atoms with van der Waals surface area (Å²) in [5, 5.41) is 6.55. The number of ether oxygens (including phenoxy) is 1. The van der Waals surface area contributed by atoms with Crippen molar-refractivity contribution in [1.29, 1.82) is 0 Å². The van der Waals surface area contributed by atoms with Gasteiger partial charge >= 0.3 is 6.09 Å². The van der Waals surface area contributed by atoms with Gasteiger partial charge in [0.1, 0.15) is 11.4 Å². The van der Waals surface area contributed by atoms with E-state index in [1.807, 2.05) is 52.8 Å². The molecule has 7 nitrogen and oxygen atoms in total. The van der Waals surface area contributed by atoms with Crippen LogP contribution in [0.1, 0.15) is 38.8 Å². The number of hydrogen-bond acceptors (Lipinski definition) is 4. The Morgan fingerprint density at radius 3 is 2.57 bits per heavy atom. The van der Waals surface area contributed by atoms with Crippen LogP contribution in [0.15, 0.2) is 23.2 Å². The van der Waals surface area contributed by atoms with E-state index in [0.717, 1.165) is 12.1 Å². The van der Waals surface area contributed by atoms with Crippen molar-refractivity contribution in [2.24, 2.45) is 4.99 Å². The number of likely N-dealkylation sites (tertiary alicyclic amines) is 1. The number of benzene rings is 1. The fourth-order valence-corrected chi connectivity index (χ4v) is 2.92. The first-order valence-corrected chi connectivity index (χ1v) is 10.0. The summed E-state index contributed by atoms with van der Waals surface area (Å²) in [6.07, 6.45) is -0.294. The van der Waals surface area contributed by atoms with Gasteiger partial charge in [0.15, 0.2) is 5.96 Å². The number of aliphatic imine (C=N–C) groups is 1. The fraction of sp³-hybridized carbons (Fsp3) is 0.619. The number of hydrogen-bond donors (Lipinski definition) is 2. The quantitative estimate of drug-likeness (QED) is 0.333. The number of guanidine groups is 1. The molecule has 30 heavy (non-hydrogen) atoms. The normalized spacial score (nSPS) is 14.8. The minimum absolute atomic E-state index is 0. The minimum Gasteiger partial charge on any atom is -0.444 e. The molecule has 0 unspecified atom stereocenters. The number of carbonyl (C=O) groups excluding carboxylic acids is 1. The van der Waals surface area contributed by atoms with Crippen LogP contribution in [0.25, 0.3) is 0 Å². The van der Waals surface area contributed by atoms with Crippen LogP contribution in [-0.2, 0) is 17.8 Å². The molecule has 1 aliphatic heterocycles. The predicted molar refractivity (Wildman–Crippen MR) is 129 cm³/mol. The zero-order valence-electron chi connectivity index (χ0n) is 18.8. The molecule has 1 aromatic rings. The van der Waals surface area contributed by atoms with Crippen molar-refractivity contribution >= 4 is 36.0 Å². The van der Waals surface area contributed by atoms with Gasteiger partial charge in [-0.05, 0) is 59.5 Å². The SMILES string of the molecule is CCNC(=NCc1ccc(F)c(CN(C)C)c1)NC1CN(C(=O)OC(C)(C)C)C1.I. The van der Waals surface area contributed by atoms with Crippen LogP contribution >= 0.6 is 24.0 Å². The van der Waals surface area contributed by atoms with E-state index in [4.69, 9.17) is 4.74 Å². The van der Waals surface area contributed by atoms with Crippen molar-refractivity contribution in [2.75, 3.05) is 33.7 Å². The summed E-state index contributed by atoms with van der Waals surface area (Å²) < 4.78 is 19.3. The first kappa shape index (κ1) is 26.4. The van der Waals surface area contributed by atoms with Crippen LogP contribution in [0, 0.1) is 5.82 Å². The molecule has 0 saturated carbocycles. The smallest absolute Gasteiger partial charge is 0.410 e. The van der Waals surface area contributed by atoms with E-state index in [-0.39, 0.29) is 41.9 Å². The molecular formula is C21H35FIN5O2. The molecule has 0 spiro atoms. The van der Waals surface area contributed by atoms with Crippen LogP contribution in [0.5, 0.6) is 0 Å². The largest absolute Gasteiger partial charge is 0.444 e. The average Bonchev–Trinajstić information content (AvgIpc) is 2.55. The zero-order valence-corrected chi connectivity index (χ0v) is 21.1. The Morgan fingerprint density at radius 2 is 2.00 bits per heavy atom. The molecule has 0 bridgehead atoms. The van der Waals surface area contributed by atoms with Crippen LogP contribution < -0.4 is 10.6 Å². The van der Waals surface area contributed by atoms with E-state index < -0.39 is 5.60 Å². The molecule has 0 aromatic heterocycles. The van der Waals surface area contributed by atoms with E-state index in [0.29, 0.717) is 37.7 Å². The molecule has 1 heterocycles. The van der Waals surface area contributed by atoms with Crippen LogP contribution in [-0.4, -0.2) is 67.2 Å². The van der Waals surface area contributed by atoms with Gasteiger partial charge in [-0.25, -0.2) is 14.2 Å². The molecule has 170 valence electrons. The molecule has 0 radical (unpaired) electrons. The molecule has 1 fully saturated rings. The number of nitrogens with one attached hydrogen (secondary N) is 2. The average molecular weight is 535 g/mol. The Bertz CT molecular complexity index is 731. The highest BCUT2D eigenvalue weighted by molar-refractivity contribution is 14.0. The van der Waals surface area contributed by atoms with Gasteiger partial charge in [0.25, 0.3) is 0 Å². The Balaban J connectivity index is 0.00000450. The van der Waals surface area contributed by atoms with E-state index in [9.17, 15) is 9.18 Å². The number of carbonyl (C=O) groups is 1. The first-order chi connectivity index (χ1) is 13.6. The van der Waals surface area contributed by atoms with E-state index >= 15 is 0 Å². The number of halogens is 2. The maximum absolute atomic E-state index is 14.0. The molecule has 2 rings (SSSR count). The van der Waals surface area contributed by atoms with Gasteiger partial charge in [-0.1, -0.05) is 6.07 Å². The fourth-order valence-electron chi connectivity index (χ4n) is 2.92. The summed E-state index contributed by atoms with van der Waals surface area (Å²) >= 11 is 0. The first-order valence-electron chi connectivity index (χ1n) is 10.0. The topological polar surface area (TPSA) is 69.2 Å². The summed E-state index contributed by atoms with van der Waals surface area (Å²) in [4.78, 5) is 20.3. The van der Waals surface area contributed by atoms with Gasteiger partial charge in [-0.3, -0.25) is 0 Å². The predicted octanol–water partition coefficient (Wildman–Crippen LogP) is 3.18. The monoisotopic (exact) mass is 535 g/mol. The highest BCUT2D eigenvalue weighted by Crippen LogP contribution is 2.16. The number of rotatable bonds is 6. The second-order valence-corrected chi connectivity index (χ2v) is 8.59. The molecule has 1 aliphatic rings. The van der Waals surface area contributed by atoms with Gasteiger partial charge in [-0.2, -0.15) is 0 Å². The summed E-state index contributed by atoms with van der Waals surface area (Å²) in [6.45, 7) is 10.4. The van der Waals surface area contributed by atoms with Gasteiger partial charge in [0.2, 0.25) is 0 Å². The van der Waals surface area contributed by atoms with Crippen molar-refractivity contribution in [1.82, 2.24) is 20.4 Å². The van der Waals surface area contributed by atoms with Gasteiger partial charge in [0, 0.05) is 31.7 Å². The zero-order chi connectivity index (χ0) is 21.6. The van der Waals surface area contributed by atoms with Crippen LogP contribution in [0.2, 0.25) is 0 Å². The maximum atomic E-state index is 14.0. The second-order valence-electron chi connectivity index (χ2n) is 8.59. The summed E-state index contributed by atoms with van der Waals surface area (Å²) in [5.41, 5.74) is 1.11. The summed E-state index contributed by atoms with van der Waals surface area (Å²) in [5.74, 6) is 0.480. The Hall–Kier alpha value is -1.62. The van der Waals surface area contributed by atoms with Crippen LogP contribution in [0.3, 0.4) is 0 Å². The van der Waals surface area contributed by atoms with Gasteiger partial charge < -0.3 is 25.2 Å². The maximum Gasteiger partial charge on any atom is 0.410 e. The third-order valence-electron chi connectivity index (χ3n) is 4.23. The van der Waals surface area contributed by atoms with E-state index in [1.54, 1.807) is 11.0 Å². The van der Waals surface area contributed by atoms with Gasteiger partial charge in [0.05, 0.1) is 12.6 Å². The van der Waals surface area contributed by atoms with E-state index in [1.165, 1.54) is 6.07 Å². The van der Waals surface area contributed by atoms with Crippen molar-refractivity contribution in [3.63, 3.8) is 0 Å². The van der Waals surface area contributed by atoms with Crippen molar-refractivity contribution in [2.45, 2.75) is 52.4 Å². The molecule has 0 aliphatic carbocycles. The van der Waals surface area contributed by atoms with Crippen molar-refractivity contribution in [3.8, 4) is 0 Å². The molecule has 1 aromatic carbocycles. The lowest BCUT2D eigenvalue weighted by atomic mass is 10.1. The molecule has 9 heteroatoms. The Labute approximate surface area is 196 Å². The standard InChI is InChI=1S/C21H34FN5O2.HI/c1-7-23-19(25-17-13-27(14-17)20(28)29-21(2,3)4)24-11-15-8-9-18(22)16(10-15)12-26(5)6;/h8-10,17H,7,11-14H2,1-6H3,(H2,23,24,25);1H. The lowest BCUT2D eigenvalue weighted by Crippen LogP contribution is -2.63. The van der Waals surface area contributed by atoms with Gasteiger partial charge in [-0.15, -0.1) is 24.0 Å². The van der Waals surface area contributed by atoms with E-state index in [2.05, 4.69) is 15.6 Å². The molecule has 1 amide bonds. The van der Waals surface area contributed by atoms with Crippen LogP contribution in [0.4, 0.5) is 9.18 Å².